The van der Waals surface area contributed by atoms with Gasteiger partial charge in [-0.3, -0.25) is 4.68 Å². The lowest BCUT2D eigenvalue weighted by Gasteiger charge is -2.43. The van der Waals surface area contributed by atoms with Crippen LogP contribution in [0.4, 0.5) is 0 Å². The number of nitrogens with one attached hydrogen (secondary N) is 1. The van der Waals surface area contributed by atoms with Crippen LogP contribution in [0.2, 0.25) is 0 Å². The highest BCUT2D eigenvalue weighted by molar-refractivity contribution is 5.15. The number of aromatic nitrogens is 2. The van der Waals surface area contributed by atoms with Gasteiger partial charge in [0.2, 0.25) is 0 Å². The minimum absolute atomic E-state index is 0.0718. The number of methoxy groups -OCH3 is 1. The number of rotatable bonds is 9. The fourth-order valence-corrected chi connectivity index (χ4v) is 2.49. The fraction of sp³-hybridized carbons (Fsp3) is 0.800. The van der Waals surface area contributed by atoms with Crippen molar-refractivity contribution in [2.45, 2.75) is 51.5 Å². The summed E-state index contributed by atoms with van der Waals surface area (Å²) in [5, 5.41) is 7.73. The molecule has 0 amide bonds. The Kier molecular flexibility index (Phi) is 6.02. The normalized spacial score (nSPS) is 25.1. The minimum atomic E-state index is 0.0718. The van der Waals surface area contributed by atoms with E-state index in [2.05, 4.69) is 31.2 Å². The standard InChI is InChI=1S/C15H27N3O3/c1-5-16-13-8-14(15(13)20-7-6-19-4)21-12-9-17-18(10-12)11(2)3/h9-11,13-16H,5-8H2,1-4H3. The third-order valence-corrected chi connectivity index (χ3v) is 3.71. The zero-order valence-corrected chi connectivity index (χ0v) is 13.4. The van der Waals surface area contributed by atoms with E-state index in [0.29, 0.717) is 25.3 Å². The molecule has 1 aliphatic carbocycles. The summed E-state index contributed by atoms with van der Waals surface area (Å²) in [5.41, 5.74) is 0. The largest absolute Gasteiger partial charge is 0.484 e. The Labute approximate surface area is 126 Å². The van der Waals surface area contributed by atoms with E-state index in [1.807, 2.05) is 10.9 Å². The third-order valence-electron chi connectivity index (χ3n) is 3.71. The average Bonchev–Trinajstić information content (AvgIpc) is 2.91. The van der Waals surface area contributed by atoms with Gasteiger partial charge in [0.05, 0.1) is 25.6 Å². The van der Waals surface area contributed by atoms with Crippen LogP contribution < -0.4 is 10.1 Å². The van der Waals surface area contributed by atoms with E-state index in [-0.39, 0.29) is 12.2 Å². The van der Waals surface area contributed by atoms with Crippen LogP contribution in [-0.2, 0) is 9.47 Å². The van der Waals surface area contributed by atoms with E-state index in [1.165, 1.54) is 0 Å². The van der Waals surface area contributed by atoms with Crippen molar-refractivity contribution in [2.75, 3.05) is 26.9 Å². The highest BCUT2D eigenvalue weighted by Gasteiger charge is 2.43. The van der Waals surface area contributed by atoms with Gasteiger partial charge in [-0.2, -0.15) is 5.10 Å². The molecule has 6 heteroatoms. The van der Waals surface area contributed by atoms with Crippen LogP contribution in [0.3, 0.4) is 0 Å². The molecule has 0 aromatic carbocycles. The Morgan fingerprint density at radius 1 is 1.43 bits per heavy atom. The second-order valence-electron chi connectivity index (χ2n) is 5.63. The van der Waals surface area contributed by atoms with Crippen molar-refractivity contribution in [1.82, 2.24) is 15.1 Å². The van der Waals surface area contributed by atoms with E-state index in [0.717, 1.165) is 18.7 Å². The van der Waals surface area contributed by atoms with Crippen molar-refractivity contribution in [2.24, 2.45) is 0 Å². The maximum atomic E-state index is 6.01. The van der Waals surface area contributed by atoms with Crippen molar-refractivity contribution in [3.63, 3.8) is 0 Å². The van der Waals surface area contributed by atoms with E-state index in [1.54, 1.807) is 13.3 Å². The van der Waals surface area contributed by atoms with Crippen molar-refractivity contribution < 1.29 is 14.2 Å². The Balaban J connectivity index is 1.88. The SMILES string of the molecule is CCNC1CC(Oc2cnn(C(C)C)c2)C1OCCOC. The Hall–Kier alpha value is -1.11. The molecule has 3 atom stereocenters. The van der Waals surface area contributed by atoms with Crippen LogP contribution in [0, 0.1) is 0 Å². The third kappa shape index (κ3) is 4.18. The maximum Gasteiger partial charge on any atom is 0.157 e. The molecule has 6 nitrogen and oxygen atoms in total. The topological polar surface area (TPSA) is 57.5 Å². The number of likely N-dealkylation sites (N-methyl/N-ethyl adjacent to an activating group) is 1. The van der Waals surface area contributed by atoms with E-state index >= 15 is 0 Å². The first-order chi connectivity index (χ1) is 10.2. The molecular formula is C15H27N3O3. The van der Waals surface area contributed by atoms with Gasteiger partial charge in [0.1, 0.15) is 12.2 Å². The van der Waals surface area contributed by atoms with E-state index in [9.17, 15) is 0 Å². The molecule has 1 aromatic heterocycles. The first kappa shape index (κ1) is 16.3. The second-order valence-corrected chi connectivity index (χ2v) is 5.63. The number of nitrogens with zero attached hydrogens (tertiary/aromatic N) is 2. The molecule has 0 spiro atoms. The summed E-state index contributed by atoms with van der Waals surface area (Å²) in [5.74, 6) is 0.809. The molecule has 1 fully saturated rings. The predicted octanol–water partition coefficient (Wildman–Crippen LogP) is 1.62. The summed E-state index contributed by atoms with van der Waals surface area (Å²) < 4.78 is 18.8. The van der Waals surface area contributed by atoms with E-state index < -0.39 is 0 Å². The van der Waals surface area contributed by atoms with Gasteiger partial charge >= 0.3 is 0 Å². The van der Waals surface area contributed by atoms with Gasteiger partial charge in [0.15, 0.2) is 5.75 Å². The monoisotopic (exact) mass is 297 g/mol. The minimum Gasteiger partial charge on any atom is -0.484 e. The van der Waals surface area contributed by atoms with Gasteiger partial charge in [0, 0.05) is 25.6 Å². The summed E-state index contributed by atoms with van der Waals surface area (Å²) in [4.78, 5) is 0. The molecular weight excluding hydrogens is 270 g/mol. The summed E-state index contributed by atoms with van der Waals surface area (Å²) in [6.45, 7) is 8.43. The van der Waals surface area contributed by atoms with Gasteiger partial charge in [-0.05, 0) is 20.4 Å². The zero-order valence-electron chi connectivity index (χ0n) is 13.4. The molecule has 1 aromatic rings. The Morgan fingerprint density at radius 3 is 2.86 bits per heavy atom. The quantitative estimate of drug-likeness (QED) is 0.702. The lowest BCUT2D eigenvalue weighted by Crippen LogP contribution is -2.61. The van der Waals surface area contributed by atoms with Crippen LogP contribution in [-0.4, -0.2) is 54.9 Å². The van der Waals surface area contributed by atoms with Gasteiger partial charge in [-0.1, -0.05) is 6.92 Å². The molecule has 0 aliphatic heterocycles. The Morgan fingerprint density at radius 2 is 2.24 bits per heavy atom. The average molecular weight is 297 g/mol. The smallest absolute Gasteiger partial charge is 0.157 e. The first-order valence-electron chi connectivity index (χ1n) is 7.70. The van der Waals surface area contributed by atoms with Crippen LogP contribution in [0.15, 0.2) is 12.4 Å². The van der Waals surface area contributed by atoms with E-state index in [4.69, 9.17) is 14.2 Å². The fourth-order valence-electron chi connectivity index (χ4n) is 2.49. The van der Waals surface area contributed by atoms with Gasteiger partial charge in [0.25, 0.3) is 0 Å². The first-order valence-corrected chi connectivity index (χ1v) is 7.70. The predicted molar refractivity (Wildman–Crippen MR) is 80.7 cm³/mol. The van der Waals surface area contributed by atoms with Crippen molar-refractivity contribution in [3.05, 3.63) is 12.4 Å². The summed E-state index contributed by atoms with van der Waals surface area (Å²) in [7, 11) is 1.68. The number of hydrogen-bond acceptors (Lipinski definition) is 5. The number of hydrogen-bond donors (Lipinski definition) is 1. The molecule has 3 unspecified atom stereocenters. The zero-order chi connectivity index (χ0) is 15.2. The van der Waals surface area contributed by atoms with Gasteiger partial charge < -0.3 is 19.5 Å². The summed E-state index contributed by atoms with van der Waals surface area (Å²) in [6, 6.07) is 0.698. The highest BCUT2D eigenvalue weighted by Crippen LogP contribution is 2.29. The van der Waals surface area contributed by atoms with Crippen LogP contribution in [0.1, 0.15) is 33.2 Å². The van der Waals surface area contributed by atoms with Gasteiger partial charge in [-0.25, -0.2) is 0 Å². The molecule has 0 saturated heterocycles. The van der Waals surface area contributed by atoms with Gasteiger partial charge in [-0.15, -0.1) is 0 Å². The van der Waals surface area contributed by atoms with Crippen LogP contribution >= 0.6 is 0 Å². The van der Waals surface area contributed by atoms with Crippen molar-refractivity contribution in [1.29, 1.82) is 0 Å². The molecule has 1 saturated carbocycles. The van der Waals surface area contributed by atoms with Crippen LogP contribution in [0.25, 0.3) is 0 Å². The number of ether oxygens (including phenoxy) is 3. The maximum absolute atomic E-state index is 6.01. The lowest BCUT2D eigenvalue weighted by molar-refractivity contribution is -0.115. The lowest BCUT2D eigenvalue weighted by atomic mass is 9.85. The molecule has 120 valence electrons. The highest BCUT2D eigenvalue weighted by atomic mass is 16.6. The van der Waals surface area contributed by atoms with Crippen molar-refractivity contribution in [3.8, 4) is 5.75 Å². The Bertz CT molecular complexity index is 422. The molecule has 2 rings (SSSR count). The molecule has 1 N–H and O–H groups in total. The molecule has 21 heavy (non-hydrogen) atoms. The molecule has 0 radical (unpaired) electrons. The molecule has 0 bridgehead atoms. The second kappa shape index (κ2) is 7.77. The van der Waals surface area contributed by atoms with Crippen LogP contribution in [0.5, 0.6) is 5.75 Å². The molecule has 1 aliphatic rings. The van der Waals surface area contributed by atoms with Crippen molar-refractivity contribution >= 4 is 0 Å². The molecule has 1 heterocycles. The summed E-state index contributed by atoms with van der Waals surface area (Å²) >= 11 is 0. The summed E-state index contributed by atoms with van der Waals surface area (Å²) in [6.07, 6.45) is 4.82.